The van der Waals surface area contributed by atoms with E-state index in [4.69, 9.17) is 4.98 Å². The Morgan fingerprint density at radius 1 is 0.421 bits per heavy atom. The smallest absolute Gasteiger partial charge is 0.137 e. The summed E-state index contributed by atoms with van der Waals surface area (Å²) in [5.74, 6) is 0.923. The molecule has 10 aromatic carbocycles. The number of anilines is 4. The third kappa shape index (κ3) is 6.82. The molecule has 3 aromatic heterocycles. The molecule has 0 N–H and O–H groups in total. The first-order valence-electron chi connectivity index (χ1n) is 26.5. The summed E-state index contributed by atoms with van der Waals surface area (Å²) < 4.78 is 4.96. The van der Waals surface area contributed by atoms with Crippen LogP contribution in [0.1, 0.15) is 37.5 Å². The Hall–Kier alpha value is -9.45. The summed E-state index contributed by atoms with van der Waals surface area (Å²) in [6.45, 7) is 7.52. The number of fused-ring (bicyclic) bond motifs is 13. The molecule has 0 bridgehead atoms. The molecule has 15 rings (SSSR count). The molecule has 5 nitrogen and oxygen atoms in total. The molecule has 76 heavy (non-hydrogen) atoms. The predicted molar refractivity (Wildman–Crippen MR) is 318 cm³/mol. The topological polar surface area (TPSA) is 29.2 Å². The Balaban J connectivity index is 0.880. The normalized spacial score (nSPS) is 12.9. The Morgan fingerprint density at radius 3 is 1.83 bits per heavy atom. The quantitative estimate of drug-likeness (QED) is 0.159. The van der Waals surface area contributed by atoms with Crippen molar-refractivity contribution >= 4 is 66.4 Å². The van der Waals surface area contributed by atoms with Crippen molar-refractivity contribution in [2.24, 2.45) is 0 Å². The minimum absolute atomic E-state index is 0.0579. The summed E-state index contributed by atoms with van der Waals surface area (Å²) in [4.78, 5) is 10.2. The molecule has 0 atom stereocenters. The third-order valence-electron chi connectivity index (χ3n) is 16.1. The second-order valence-electron chi connectivity index (χ2n) is 21.6. The number of para-hydroxylation sites is 5. The molecule has 5 heterocycles. The molecular formula is C71H53N5. The first kappa shape index (κ1) is 44.1. The molecule has 0 saturated heterocycles. The highest BCUT2D eigenvalue weighted by molar-refractivity contribution is 6.23. The monoisotopic (exact) mass is 975 g/mol. The van der Waals surface area contributed by atoms with Gasteiger partial charge in [-0.1, -0.05) is 197 Å². The lowest BCUT2D eigenvalue weighted by atomic mass is 9.88. The van der Waals surface area contributed by atoms with Crippen molar-refractivity contribution in [3.05, 3.63) is 259 Å². The van der Waals surface area contributed by atoms with Crippen molar-refractivity contribution < 1.29 is 0 Å². The van der Waals surface area contributed by atoms with E-state index in [1.807, 2.05) is 6.20 Å². The van der Waals surface area contributed by atoms with Crippen LogP contribution in [0.25, 0.3) is 99.6 Å². The van der Waals surface area contributed by atoms with Gasteiger partial charge in [0.15, 0.2) is 0 Å². The Kier molecular flexibility index (Phi) is 9.89. The first-order chi connectivity index (χ1) is 37.4. The minimum atomic E-state index is -0.0579. The molecule has 0 unspecified atom stereocenters. The van der Waals surface area contributed by atoms with Gasteiger partial charge in [0, 0.05) is 55.7 Å². The van der Waals surface area contributed by atoms with Gasteiger partial charge in [0.05, 0.1) is 44.8 Å². The van der Waals surface area contributed by atoms with E-state index in [0.29, 0.717) is 6.67 Å². The molecule has 2 aliphatic rings. The fourth-order valence-electron chi connectivity index (χ4n) is 12.6. The van der Waals surface area contributed by atoms with Gasteiger partial charge < -0.3 is 14.4 Å². The molecular weight excluding hydrogens is 923 g/mol. The fraction of sp³-hybridized carbons (Fsp3) is 0.0845. The Morgan fingerprint density at radius 2 is 1.05 bits per heavy atom. The average Bonchev–Trinajstić information content (AvgIpc) is 4.32. The zero-order valence-electron chi connectivity index (χ0n) is 42.7. The van der Waals surface area contributed by atoms with Gasteiger partial charge in [-0.25, -0.2) is 4.98 Å². The number of pyridine rings is 1. The van der Waals surface area contributed by atoms with Gasteiger partial charge in [0.25, 0.3) is 0 Å². The van der Waals surface area contributed by atoms with E-state index in [1.165, 1.54) is 122 Å². The van der Waals surface area contributed by atoms with Crippen LogP contribution >= 0.6 is 0 Å². The Labute approximate surface area is 442 Å². The van der Waals surface area contributed by atoms with Crippen LogP contribution in [0.15, 0.2) is 243 Å². The van der Waals surface area contributed by atoms with E-state index < -0.39 is 0 Å². The molecule has 5 heteroatoms. The maximum Gasteiger partial charge on any atom is 0.137 e. The molecule has 0 spiro atoms. The van der Waals surface area contributed by atoms with Crippen LogP contribution < -0.4 is 9.80 Å². The largest absolute Gasteiger partial charge is 0.321 e. The van der Waals surface area contributed by atoms with E-state index in [2.05, 4.69) is 276 Å². The van der Waals surface area contributed by atoms with E-state index in [0.717, 1.165) is 23.3 Å². The molecule has 0 aliphatic carbocycles. The summed E-state index contributed by atoms with van der Waals surface area (Å²) >= 11 is 0. The molecule has 2 aliphatic heterocycles. The van der Waals surface area contributed by atoms with Crippen LogP contribution in [0.2, 0.25) is 0 Å². The molecule has 0 radical (unpaired) electrons. The zero-order valence-corrected chi connectivity index (χ0v) is 42.7. The van der Waals surface area contributed by atoms with Gasteiger partial charge in [-0.2, -0.15) is 0 Å². The summed E-state index contributed by atoms with van der Waals surface area (Å²) in [6, 6.07) is 87.5. The van der Waals surface area contributed by atoms with Crippen molar-refractivity contribution in [1.29, 1.82) is 0 Å². The molecule has 0 fully saturated rings. The van der Waals surface area contributed by atoms with Crippen LogP contribution in [-0.4, -0.2) is 20.8 Å². The maximum absolute atomic E-state index is 5.18. The van der Waals surface area contributed by atoms with Gasteiger partial charge in [0.1, 0.15) is 12.5 Å². The van der Waals surface area contributed by atoms with E-state index >= 15 is 0 Å². The SMILES string of the molecule is CC(C)(C)c1ccnc(-n2c3cc(Cc4cccc(N5CN(c6c(-c7ccccc7)cccc6-c6ccccc6)c6ccccc65)c4)ccc3c3c4c(ccc32)-n2c3ccccc3c3cccc(c32)-c2ccccc2-4)c1. The predicted octanol–water partition coefficient (Wildman–Crippen LogP) is 18.4. The third-order valence-corrected chi connectivity index (χ3v) is 16.1. The lowest BCUT2D eigenvalue weighted by Crippen LogP contribution is -2.25. The van der Waals surface area contributed by atoms with Crippen molar-refractivity contribution in [2.45, 2.75) is 32.6 Å². The summed E-state index contributed by atoms with van der Waals surface area (Å²) in [5.41, 5.74) is 24.2. The first-order valence-corrected chi connectivity index (χ1v) is 26.5. The summed E-state index contributed by atoms with van der Waals surface area (Å²) in [6.07, 6.45) is 2.75. The van der Waals surface area contributed by atoms with E-state index in [9.17, 15) is 0 Å². The molecule has 362 valence electrons. The van der Waals surface area contributed by atoms with Crippen molar-refractivity contribution in [3.63, 3.8) is 0 Å². The van der Waals surface area contributed by atoms with Crippen LogP contribution in [0.3, 0.4) is 0 Å². The average molecular weight is 976 g/mol. The van der Waals surface area contributed by atoms with Crippen LogP contribution in [0.4, 0.5) is 22.7 Å². The van der Waals surface area contributed by atoms with Gasteiger partial charge in [-0.3, -0.25) is 4.57 Å². The van der Waals surface area contributed by atoms with E-state index in [-0.39, 0.29) is 5.41 Å². The lowest BCUT2D eigenvalue weighted by Gasteiger charge is -2.27. The minimum Gasteiger partial charge on any atom is -0.321 e. The zero-order chi connectivity index (χ0) is 50.6. The molecule has 13 aromatic rings. The molecule has 0 amide bonds. The van der Waals surface area contributed by atoms with Gasteiger partial charge in [0.2, 0.25) is 0 Å². The molecule has 0 saturated carbocycles. The van der Waals surface area contributed by atoms with E-state index in [1.54, 1.807) is 0 Å². The number of aromatic nitrogens is 3. The van der Waals surface area contributed by atoms with Crippen LogP contribution in [-0.2, 0) is 11.8 Å². The van der Waals surface area contributed by atoms with Gasteiger partial charge >= 0.3 is 0 Å². The number of nitrogens with zero attached hydrogens (tertiary/aromatic N) is 5. The summed E-state index contributed by atoms with van der Waals surface area (Å²) in [5, 5.41) is 4.98. The van der Waals surface area contributed by atoms with Gasteiger partial charge in [-0.05, 0) is 111 Å². The van der Waals surface area contributed by atoms with Crippen LogP contribution in [0.5, 0.6) is 0 Å². The number of rotatable bonds is 7. The standard InChI is InChI=1S/C71H53N5/c1-71(2,3)50-39-40-72-66(44-50)75-63-37-38-64-67(56-27-11-10-25-54(56)57-30-18-31-58-55-26-12-13-32-60(55)76(64)70(57)58)68(63)59-36-35-47(43-65(59)75)41-46-19-16-24-51(42-46)73-45-74(62-34-15-14-33-61(62)73)69-52(48-20-6-4-7-21-48)28-17-29-53(69)49-22-8-5-9-23-49/h4-40,42-44H,41,45H2,1-3H3. The van der Waals surface area contributed by atoms with Crippen LogP contribution in [0, 0.1) is 0 Å². The number of hydrogen-bond donors (Lipinski definition) is 0. The second kappa shape index (κ2) is 17.1. The number of hydrogen-bond acceptors (Lipinski definition) is 3. The van der Waals surface area contributed by atoms with Gasteiger partial charge in [-0.15, -0.1) is 0 Å². The van der Waals surface area contributed by atoms with Crippen molar-refractivity contribution in [2.75, 3.05) is 16.5 Å². The number of benzene rings is 10. The van der Waals surface area contributed by atoms with Crippen molar-refractivity contribution in [3.8, 4) is 56.0 Å². The fourth-order valence-corrected chi connectivity index (χ4v) is 12.6. The highest BCUT2D eigenvalue weighted by atomic mass is 15.4. The maximum atomic E-state index is 5.18. The van der Waals surface area contributed by atoms with Crippen molar-refractivity contribution in [1.82, 2.24) is 14.1 Å². The highest BCUT2D eigenvalue weighted by Gasteiger charge is 2.32. The Bertz CT molecular complexity index is 4400. The highest BCUT2D eigenvalue weighted by Crippen LogP contribution is 2.53. The lowest BCUT2D eigenvalue weighted by molar-refractivity contribution is 0.588. The second-order valence-corrected chi connectivity index (χ2v) is 21.6. The summed E-state index contributed by atoms with van der Waals surface area (Å²) in [7, 11) is 0.